The molecule has 256 valence electrons. The Hall–Kier alpha value is -6.84. The van der Waals surface area contributed by atoms with Crippen LogP contribution in [-0.4, -0.2) is 0 Å². The lowest BCUT2D eigenvalue weighted by Gasteiger charge is -2.30. The normalized spacial score (nSPS) is 13.1. The van der Waals surface area contributed by atoms with E-state index in [4.69, 9.17) is 8.83 Å². The van der Waals surface area contributed by atoms with Crippen LogP contribution in [0.4, 0.5) is 17.1 Å². The van der Waals surface area contributed by atoms with Gasteiger partial charge in [0.05, 0.1) is 17.1 Å². The Morgan fingerprint density at radius 3 is 1.74 bits per heavy atom. The van der Waals surface area contributed by atoms with Crippen LogP contribution < -0.4 is 4.90 Å². The van der Waals surface area contributed by atoms with Gasteiger partial charge in [0.1, 0.15) is 16.7 Å². The van der Waals surface area contributed by atoms with Gasteiger partial charge in [0.25, 0.3) is 0 Å². The van der Waals surface area contributed by atoms with Gasteiger partial charge in [0, 0.05) is 38.1 Å². The van der Waals surface area contributed by atoms with Crippen LogP contribution in [0, 0.1) is 0 Å². The summed E-state index contributed by atoms with van der Waals surface area (Å²) in [6.07, 6.45) is 0. The molecule has 0 aliphatic heterocycles. The minimum absolute atomic E-state index is 0.112. The summed E-state index contributed by atoms with van der Waals surface area (Å²) in [6, 6.07) is 63.0. The van der Waals surface area contributed by atoms with Crippen molar-refractivity contribution in [2.45, 2.75) is 19.3 Å². The van der Waals surface area contributed by atoms with Gasteiger partial charge in [0.15, 0.2) is 5.58 Å². The molecular weight excluding hydrogens is 659 g/mol. The highest BCUT2D eigenvalue weighted by Crippen LogP contribution is 2.55. The molecular formula is C51H35NO2. The zero-order chi connectivity index (χ0) is 36.0. The van der Waals surface area contributed by atoms with Crippen LogP contribution in [0.2, 0.25) is 0 Å². The Balaban J connectivity index is 1.21. The first-order chi connectivity index (χ1) is 26.6. The molecule has 10 aromatic rings. The van der Waals surface area contributed by atoms with Gasteiger partial charge in [-0.1, -0.05) is 147 Å². The second-order valence-corrected chi connectivity index (χ2v) is 14.8. The molecule has 3 nitrogen and oxygen atoms in total. The summed E-state index contributed by atoms with van der Waals surface area (Å²) < 4.78 is 13.0. The zero-order valence-electron chi connectivity index (χ0n) is 30.0. The minimum atomic E-state index is -0.112. The van der Waals surface area contributed by atoms with E-state index in [1.165, 1.54) is 27.8 Å². The zero-order valence-corrected chi connectivity index (χ0v) is 30.0. The number of para-hydroxylation sites is 5. The van der Waals surface area contributed by atoms with Gasteiger partial charge in [-0.05, 0) is 75.8 Å². The summed E-state index contributed by atoms with van der Waals surface area (Å²) in [6.45, 7) is 4.69. The number of hydrogen-bond acceptors (Lipinski definition) is 3. The van der Waals surface area contributed by atoms with Crippen LogP contribution in [0.1, 0.15) is 25.0 Å². The van der Waals surface area contributed by atoms with Gasteiger partial charge in [-0.15, -0.1) is 0 Å². The van der Waals surface area contributed by atoms with Gasteiger partial charge in [0.2, 0.25) is 0 Å². The quantitative estimate of drug-likeness (QED) is 0.180. The second kappa shape index (κ2) is 11.6. The molecule has 2 heterocycles. The fourth-order valence-electron chi connectivity index (χ4n) is 8.98. The lowest BCUT2D eigenvalue weighted by Crippen LogP contribution is -2.15. The molecule has 0 fully saturated rings. The fourth-order valence-corrected chi connectivity index (χ4v) is 8.98. The molecule has 0 radical (unpaired) electrons. The molecule has 0 saturated heterocycles. The van der Waals surface area contributed by atoms with E-state index in [0.717, 1.165) is 77.6 Å². The standard InChI is InChI=1S/C51H35NO2/c1-51(2)41-22-8-3-19-39(41)49-37(20-13-23-42(49)51)34-16-5-10-25-44(34)52(45-26-14-21-38-35-17-6-12-28-47(35)54-50(38)45)43-24-9-4-15-33(43)32-29-30-48-40(31-32)36-18-7-11-27-46(36)53-48/h3-31H,1-2H3. The Kier molecular flexibility index (Phi) is 6.60. The molecule has 0 bridgehead atoms. The molecule has 0 amide bonds. The van der Waals surface area contributed by atoms with E-state index in [1.54, 1.807) is 0 Å². The Morgan fingerprint density at radius 2 is 0.926 bits per heavy atom. The predicted octanol–water partition coefficient (Wildman–Crippen LogP) is 14.6. The summed E-state index contributed by atoms with van der Waals surface area (Å²) in [5, 5.41) is 4.41. The highest BCUT2D eigenvalue weighted by Gasteiger charge is 2.37. The molecule has 0 unspecified atom stereocenters. The number of rotatable bonds is 5. The number of fused-ring (bicyclic) bond motifs is 9. The van der Waals surface area contributed by atoms with E-state index in [-0.39, 0.29) is 5.41 Å². The van der Waals surface area contributed by atoms with Crippen molar-refractivity contribution in [3.8, 4) is 33.4 Å². The molecule has 54 heavy (non-hydrogen) atoms. The molecule has 0 atom stereocenters. The number of benzene rings is 8. The van der Waals surface area contributed by atoms with Crippen molar-refractivity contribution < 1.29 is 8.83 Å². The summed E-state index contributed by atoms with van der Waals surface area (Å²) >= 11 is 0. The summed E-state index contributed by atoms with van der Waals surface area (Å²) in [4.78, 5) is 2.42. The first kappa shape index (κ1) is 30.8. The van der Waals surface area contributed by atoms with Crippen LogP contribution in [-0.2, 0) is 5.41 Å². The van der Waals surface area contributed by atoms with Gasteiger partial charge in [-0.3, -0.25) is 0 Å². The lowest BCUT2D eigenvalue weighted by atomic mass is 9.82. The predicted molar refractivity (Wildman–Crippen MR) is 224 cm³/mol. The number of hydrogen-bond donors (Lipinski definition) is 0. The largest absolute Gasteiger partial charge is 0.456 e. The summed E-state index contributed by atoms with van der Waals surface area (Å²) in [5.74, 6) is 0. The second-order valence-electron chi connectivity index (χ2n) is 14.8. The first-order valence-electron chi connectivity index (χ1n) is 18.6. The van der Waals surface area contributed by atoms with Crippen molar-refractivity contribution in [1.82, 2.24) is 0 Å². The van der Waals surface area contributed by atoms with Crippen molar-refractivity contribution in [3.05, 3.63) is 187 Å². The van der Waals surface area contributed by atoms with Crippen LogP contribution in [0.5, 0.6) is 0 Å². The molecule has 0 saturated carbocycles. The van der Waals surface area contributed by atoms with Gasteiger partial charge in [-0.25, -0.2) is 0 Å². The number of nitrogens with zero attached hydrogens (tertiary/aromatic N) is 1. The maximum atomic E-state index is 6.79. The Labute approximate surface area is 313 Å². The first-order valence-corrected chi connectivity index (χ1v) is 18.6. The van der Waals surface area contributed by atoms with Crippen molar-refractivity contribution in [3.63, 3.8) is 0 Å². The van der Waals surface area contributed by atoms with E-state index < -0.39 is 0 Å². The maximum absolute atomic E-state index is 6.79. The van der Waals surface area contributed by atoms with Crippen molar-refractivity contribution in [2.24, 2.45) is 0 Å². The molecule has 8 aromatic carbocycles. The van der Waals surface area contributed by atoms with Gasteiger partial charge >= 0.3 is 0 Å². The Bertz CT molecular complexity index is 3100. The van der Waals surface area contributed by atoms with Crippen molar-refractivity contribution in [2.75, 3.05) is 4.90 Å². The molecule has 2 aromatic heterocycles. The molecule has 3 heteroatoms. The highest BCUT2D eigenvalue weighted by molar-refractivity contribution is 6.12. The molecule has 1 aliphatic rings. The molecule has 0 spiro atoms. The Morgan fingerprint density at radius 1 is 0.389 bits per heavy atom. The molecule has 1 aliphatic carbocycles. The fraction of sp³-hybridized carbons (Fsp3) is 0.0588. The minimum Gasteiger partial charge on any atom is -0.456 e. The van der Waals surface area contributed by atoms with E-state index >= 15 is 0 Å². The average molecular weight is 694 g/mol. The number of furan rings is 2. The van der Waals surface area contributed by atoms with E-state index in [9.17, 15) is 0 Å². The van der Waals surface area contributed by atoms with Crippen molar-refractivity contribution >= 4 is 60.9 Å². The van der Waals surface area contributed by atoms with Crippen molar-refractivity contribution in [1.29, 1.82) is 0 Å². The summed E-state index contributed by atoms with van der Waals surface area (Å²) in [5.41, 5.74) is 16.4. The third-order valence-electron chi connectivity index (χ3n) is 11.5. The van der Waals surface area contributed by atoms with Gasteiger partial charge in [-0.2, -0.15) is 0 Å². The maximum Gasteiger partial charge on any atom is 0.159 e. The van der Waals surface area contributed by atoms with Crippen LogP contribution in [0.3, 0.4) is 0 Å². The SMILES string of the molecule is CC1(C)c2ccccc2-c2c(-c3ccccc3N(c3ccccc3-c3ccc4oc5ccccc5c4c3)c3cccc4c3oc3ccccc34)cccc21. The highest BCUT2D eigenvalue weighted by atomic mass is 16.3. The smallest absolute Gasteiger partial charge is 0.159 e. The van der Waals surface area contributed by atoms with Crippen LogP contribution >= 0.6 is 0 Å². The third-order valence-corrected chi connectivity index (χ3v) is 11.5. The lowest BCUT2D eigenvalue weighted by molar-refractivity contribution is 0.660. The third kappa shape index (κ3) is 4.42. The molecule has 11 rings (SSSR count). The monoisotopic (exact) mass is 693 g/mol. The topological polar surface area (TPSA) is 29.5 Å². The van der Waals surface area contributed by atoms with E-state index in [2.05, 4.69) is 176 Å². The summed E-state index contributed by atoms with van der Waals surface area (Å²) in [7, 11) is 0. The van der Waals surface area contributed by atoms with Gasteiger partial charge < -0.3 is 13.7 Å². The number of anilines is 3. The van der Waals surface area contributed by atoms with Crippen LogP contribution in [0.25, 0.3) is 77.3 Å². The van der Waals surface area contributed by atoms with E-state index in [1.807, 2.05) is 18.2 Å². The van der Waals surface area contributed by atoms with E-state index in [0.29, 0.717) is 0 Å². The van der Waals surface area contributed by atoms with Crippen LogP contribution in [0.15, 0.2) is 185 Å². The average Bonchev–Trinajstić information content (AvgIpc) is 3.86. The molecule has 0 N–H and O–H groups in total.